The average Bonchev–Trinajstić information content (AvgIpc) is 1.58. The van der Waals surface area contributed by atoms with Gasteiger partial charge in [0.25, 0.3) is 47.0 Å². The Morgan fingerprint density at radius 3 is 1.09 bits per heavy atom. The van der Waals surface area contributed by atoms with Crippen LogP contribution in [-0.2, 0) is 40.1 Å². The van der Waals surface area contributed by atoms with Crippen molar-refractivity contribution in [2.75, 3.05) is 60.7 Å². The SMILES string of the molecule is CC1c2c(ccc[n+]2O)C(=O)N1c1cnn(CC(F)(F)F)c1.CC1c2nc(Cl)ccc2C(=O)N1c1cnn(CC(F)(F)F)c1.CCOc1ncc(-c2ccc3c(n2)[C@@H](C)N(c2cnn(CC(F)(F)F)c2)C3=O)cc1OC.CCOc1ncc(-c2ccc3c(n2)[C@H](C)N(c2cnn(CC(F)(F)F)c2)C3=O)cc1OC.CCOc1ncc(B2OC(C)(C)C(C)(C)O2)cc1OC.O=P(Cl)(Cl)Cl. The molecule has 11 aromatic heterocycles. The van der Waals surface area contributed by atoms with Gasteiger partial charge in [-0.3, -0.25) is 67.3 Å². The Kier molecular flexibility index (Phi) is 31.1. The molecule has 16 rings (SSSR count). The number of nitrogens with zero attached hydrogens (tertiary/aromatic N) is 19. The lowest BCUT2D eigenvalue weighted by Crippen LogP contribution is -2.41. The highest BCUT2D eigenvalue weighted by atomic mass is 36.0. The molecule has 33 nitrogen and oxygen atoms in total. The number of fused-ring (bicyclic) bond motifs is 4. The standard InChI is InChI=1S/2C21H20F3N5O3.C14H22BNO4.C13H10ClF3N4O.C13H12F3N4O2.Cl3OP/c2*1-4-32-19-17(31-3)7-13(8-25-19)16-6-5-15-18(27-16)12(2)29(20(15)30)14-9-26-28(10-14)11-21(22,23)24;1-7-18-12-11(17-6)8-10(9-16-12)15-19-13(2,3)14(4,5)20-15;1-7-11-9(2-3-10(14)19-11)12(22)21(7)8-4-18-20(5-8)6-13(15,16)17;1-8-11-10(3-2-4-19(11)22)12(21)20(8)9-5-17-18(6-9)7-13(14,15)16;1-5(2,3)4/h2*5-10,12H,4,11H2,1-3H3;8-9H,7H2,1-6H3;2-5,7H,6H2,1H3;2-6,8,22H,7H2,1H3;/q;;;;+1;/t2*12-;;;;/m10..../s1. The van der Waals surface area contributed by atoms with E-state index in [0.29, 0.717) is 122 Å². The Morgan fingerprint density at radius 2 is 0.767 bits per heavy atom. The van der Waals surface area contributed by atoms with Crippen molar-refractivity contribution < 1.29 is 124 Å². The van der Waals surface area contributed by atoms with Crippen LogP contribution >= 0.6 is 50.5 Å². The predicted molar refractivity (Wildman–Crippen MR) is 460 cm³/mol. The van der Waals surface area contributed by atoms with Gasteiger partial charge in [0.2, 0.25) is 6.20 Å². The maximum atomic E-state index is 12.9. The molecular weight excluding hydrogens is 1890 g/mol. The van der Waals surface area contributed by atoms with Crippen molar-refractivity contribution in [1.29, 1.82) is 0 Å². The van der Waals surface area contributed by atoms with Crippen molar-refractivity contribution in [3.05, 3.63) is 191 Å². The summed E-state index contributed by atoms with van der Waals surface area (Å²) < 4.78 is 208. The fourth-order valence-electron chi connectivity index (χ4n) is 14.3. The number of carbonyl (C=O) groups excluding carboxylic acids is 4. The molecule has 0 spiro atoms. The quantitative estimate of drug-likeness (QED) is 0.0185. The first-order valence-corrected chi connectivity index (χ1v) is 44.8. The molecule has 11 aromatic rings. The number of hydrogen-bond acceptors (Lipinski definition) is 24. The van der Waals surface area contributed by atoms with Crippen LogP contribution in [0.5, 0.6) is 34.9 Å². The summed E-state index contributed by atoms with van der Waals surface area (Å²) in [6.07, 6.45) is -1.60. The second-order valence-electron chi connectivity index (χ2n) is 30.5. The highest BCUT2D eigenvalue weighted by Crippen LogP contribution is 2.61. The number of carbonyl (C=O) groups is 4. The van der Waals surface area contributed by atoms with Crippen molar-refractivity contribution in [3.8, 4) is 57.4 Å². The minimum absolute atomic E-state index is 0.248. The molecule has 4 amide bonds. The van der Waals surface area contributed by atoms with E-state index in [2.05, 4.69) is 84.0 Å². The molecule has 0 bridgehead atoms. The largest absolute Gasteiger partial charge is 0.496 e. The second kappa shape index (κ2) is 40.8. The number of rotatable bonds is 20. The number of methoxy groups -OCH3 is 3. The summed E-state index contributed by atoms with van der Waals surface area (Å²) in [6, 6.07) is 16.2. The van der Waals surface area contributed by atoms with Gasteiger partial charge in [0.1, 0.15) is 42.9 Å². The monoisotopic (exact) mass is 1970 g/mol. The Bertz CT molecular complexity index is 5920. The fraction of sp³-hybridized carbons (Fsp3) is 0.378. The number of pyridine rings is 7. The molecule has 4 atom stereocenters. The lowest BCUT2D eigenvalue weighted by molar-refractivity contribution is -0.910. The number of anilines is 4. The summed E-state index contributed by atoms with van der Waals surface area (Å²) in [4.78, 5) is 82.3. The highest BCUT2D eigenvalue weighted by Gasteiger charge is 2.53. The molecule has 133 heavy (non-hydrogen) atoms. The number of amides is 4. The Hall–Kier alpha value is -12.1. The van der Waals surface area contributed by atoms with Crippen LogP contribution in [0.15, 0.2) is 141 Å². The van der Waals surface area contributed by atoms with E-state index in [9.17, 15) is 81.6 Å². The maximum Gasteiger partial charge on any atom is 0.496 e. The van der Waals surface area contributed by atoms with Gasteiger partial charge in [-0.25, -0.2) is 29.9 Å². The zero-order chi connectivity index (χ0) is 97.7. The number of aromatic nitrogens is 15. The summed E-state index contributed by atoms with van der Waals surface area (Å²) in [5.41, 5.74) is 7.04. The van der Waals surface area contributed by atoms with Crippen LogP contribution in [0, 0.1) is 0 Å². The summed E-state index contributed by atoms with van der Waals surface area (Å²) >= 11 is 19.7. The third-order valence-electron chi connectivity index (χ3n) is 20.7. The first kappa shape index (κ1) is 101. The molecule has 5 aliphatic heterocycles. The van der Waals surface area contributed by atoms with Crippen molar-refractivity contribution >= 4 is 109 Å². The highest BCUT2D eigenvalue weighted by molar-refractivity contribution is 8.24. The lowest BCUT2D eigenvalue weighted by Gasteiger charge is -2.32. The Morgan fingerprint density at radius 1 is 0.459 bits per heavy atom. The van der Waals surface area contributed by atoms with Gasteiger partial charge >= 0.3 is 37.0 Å². The van der Waals surface area contributed by atoms with Gasteiger partial charge in [0.05, 0.1) is 163 Å². The molecule has 5 aliphatic rings. The van der Waals surface area contributed by atoms with E-state index in [1.54, 1.807) is 102 Å². The van der Waals surface area contributed by atoms with E-state index in [4.69, 9.17) is 49.3 Å². The summed E-state index contributed by atoms with van der Waals surface area (Å²) in [7, 11) is 4.17. The normalized spacial score (nSPS) is 17.0. The van der Waals surface area contributed by atoms with Crippen molar-refractivity contribution in [2.24, 2.45) is 0 Å². The van der Waals surface area contributed by atoms with Crippen molar-refractivity contribution in [1.82, 2.24) is 69.0 Å². The predicted octanol–water partition coefficient (Wildman–Crippen LogP) is 17.6. The van der Waals surface area contributed by atoms with Gasteiger partial charge in [-0.15, -0.1) is 0 Å². The van der Waals surface area contributed by atoms with Gasteiger partial charge in [-0.2, -0.15) is 73.1 Å². The summed E-state index contributed by atoms with van der Waals surface area (Å²) in [5, 5.41) is 21.6. The van der Waals surface area contributed by atoms with Gasteiger partial charge in [0.15, 0.2) is 17.2 Å². The Balaban J connectivity index is 0.000000160. The first-order chi connectivity index (χ1) is 62.3. The second-order valence-corrected chi connectivity index (χ2v) is 37.5. The van der Waals surface area contributed by atoms with Crippen LogP contribution < -0.4 is 58.2 Å². The van der Waals surface area contributed by atoms with Crippen LogP contribution in [0.25, 0.3) is 22.5 Å². The van der Waals surface area contributed by atoms with Crippen molar-refractivity contribution in [2.45, 2.75) is 162 Å². The molecule has 16 heterocycles. The number of halogens is 16. The number of hydrogen-bond donors (Lipinski definition) is 1. The van der Waals surface area contributed by atoms with Gasteiger partial charge < -0.3 is 37.7 Å². The molecule has 51 heteroatoms. The van der Waals surface area contributed by atoms with Crippen molar-refractivity contribution in [3.63, 3.8) is 0 Å². The van der Waals surface area contributed by atoms with E-state index in [0.717, 1.165) is 35.1 Å². The molecule has 0 aromatic carbocycles. The topological polar surface area (TPSA) is 345 Å². The summed E-state index contributed by atoms with van der Waals surface area (Å²) in [6.45, 7) is 17.1. The zero-order valence-corrected chi connectivity index (χ0v) is 76.8. The first-order valence-electron chi connectivity index (χ1n) is 40.0. The van der Waals surface area contributed by atoms with Gasteiger partial charge in [0, 0.05) is 70.8 Å². The minimum Gasteiger partial charge on any atom is -0.491 e. The molecule has 0 radical (unpaired) electrons. The van der Waals surface area contributed by atoms with Gasteiger partial charge in [-0.1, -0.05) is 11.6 Å². The Labute approximate surface area is 770 Å². The third-order valence-corrected chi connectivity index (χ3v) is 20.9. The molecule has 0 aliphatic carbocycles. The number of ether oxygens (including phenoxy) is 6. The molecule has 1 saturated heterocycles. The third kappa shape index (κ3) is 24.3. The number of alkyl halides is 12. The average molecular weight is 1970 g/mol. The molecule has 1 N–H and O–H groups in total. The molecule has 2 unspecified atom stereocenters. The van der Waals surface area contributed by atoms with E-state index in [1.807, 2.05) is 54.5 Å². The maximum absolute atomic E-state index is 12.9. The van der Waals surface area contributed by atoms with E-state index in [1.165, 1.54) is 95.5 Å². The van der Waals surface area contributed by atoms with Crippen LogP contribution in [0.2, 0.25) is 5.15 Å². The van der Waals surface area contributed by atoms with Gasteiger partial charge in [-0.05, 0) is 171 Å². The van der Waals surface area contributed by atoms with Crippen LogP contribution in [0.1, 0.15) is 165 Å². The smallest absolute Gasteiger partial charge is 0.491 e. The molecule has 1 fully saturated rings. The fourth-order valence-corrected chi connectivity index (χ4v) is 14.4. The van der Waals surface area contributed by atoms with E-state index < -0.39 is 93.3 Å². The zero-order valence-electron chi connectivity index (χ0n) is 72.9. The summed E-state index contributed by atoms with van der Waals surface area (Å²) in [5.74, 6) is 1.28. The minimum atomic E-state index is -4.41. The molecule has 710 valence electrons. The molecular formula is C82H84BCl4F12N19O14P+. The van der Waals surface area contributed by atoms with E-state index >= 15 is 0 Å². The van der Waals surface area contributed by atoms with Crippen LogP contribution in [-0.4, -0.2) is 182 Å². The lowest BCUT2D eigenvalue weighted by atomic mass is 9.80. The van der Waals surface area contributed by atoms with Crippen LogP contribution in [0.4, 0.5) is 75.4 Å². The van der Waals surface area contributed by atoms with Crippen LogP contribution in [0.3, 0.4) is 0 Å². The molecule has 0 saturated carbocycles. The van der Waals surface area contributed by atoms with E-state index in [-0.39, 0.29) is 56.8 Å².